The molecule has 0 radical (unpaired) electrons. The van der Waals surface area contributed by atoms with E-state index in [9.17, 15) is 0 Å². The predicted molar refractivity (Wildman–Crippen MR) is 306 cm³/mol. The quantitative estimate of drug-likeness (QED) is 0.111. The zero-order chi connectivity index (χ0) is 48.5. The van der Waals surface area contributed by atoms with Gasteiger partial charge >= 0.3 is 307 Å². The Balaban J connectivity index is 0.000000259. The number of fused-ring (bicyclic) bond motifs is 2. The molecule has 6 heteroatoms. The molecule has 0 atom stereocenters. The number of rotatable bonds is 8. The van der Waals surface area contributed by atoms with Crippen LogP contribution in [0.3, 0.4) is 0 Å². The zero-order valence-corrected chi connectivity index (χ0v) is 47.1. The van der Waals surface area contributed by atoms with Gasteiger partial charge in [0.25, 0.3) is 0 Å². The van der Waals surface area contributed by atoms with Gasteiger partial charge in [-0.05, 0) is 55.5 Å². The molecule has 0 saturated heterocycles. The van der Waals surface area contributed by atoms with Gasteiger partial charge in [-0.3, -0.25) is 0 Å². The fourth-order valence-electron chi connectivity index (χ4n) is 12.9. The van der Waals surface area contributed by atoms with Gasteiger partial charge in [0.1, 0.15) is 0 Å². The summed E-state index contributed by atoms with van der Waals surface area (Å²) >= 11 is 0. The van der Waals surface area contributed by atoms with Gasteiger partial charge in [-0.1, -0.05) is 65.7 Å². The number of aryl methyl sites for hydroxylation is 6. The third kappa shape index (κ3) is 10.9. The fourth-order valence-corrected chi connectivity index (χ4v) is 27.7. The topological polar surface area (TPSA) is 6.48 Å². The second-order valence-corrected chi connectivity index (χ2v) is 38.4. The molecule has 1 heterocycles. The van der Waals surface area contributed by atoms with Crippen molar-refractivity contribution in [3.63, 3.8) is 0 Å². The summed E-state index contributed by atoms with van der Waals surface area (Å²) in [5.41, 5.74) is 17.5. The zero-order valence-electron chi connectivity index (χ0n) is 42.9. The summed E-state index contributed by atoms with van der Waals surface area (Å²) in [5.74, 6) is 0. The van der Waals surface area contributed by atoms with Crippen LogP contribution in [0.1, 0.15) is 155 Å². The Kier molecular flexibility index (Phi) is 15.6. The molecule has 10 rings (SSSR count). The summed E-state index contributed by atoms with van der Waals surface area (Å²) < 4.78 is 4.07. The maximum atomic E-state index is 8.59. The Bertz CT molecular complexity index is 2760. The molecule has 69 heavy (non-hydrogen) atoms. The minimum absolute atomic E-state index is 0.385. The number of hydrogen-bond acceptors (Lipinski definition) is 2. The average molecular weight is 1070 g/mol. The van der Waals surface area contributed by atoms with Crippen LogP contribution in [0.4, 0.5) is 11.4 Å². The summed E-state index contributed by atoms with van der Waals surface area (Å²) in [6.07, 6.45) is 23.6. The normalized spacial score (nSPS) is 18.7. The first-order valence-corrected chi connectivity index (χ1v) is 35.3. The molecule has 3 aliphatic carbocycles. The van der Waals surface area contributed by atoms with Crippen molar-refractivity contribution in [3.8, 4) is 0 Å². The molecule has 367 valence electrons. The molecule has 0 N–H and O–H groups in total. The summed E-state index contributed by atoms with van der Waals surface area (Å²) in [6.45, 7) is 17.6. The first kappa shape index (κ1) is 50.5. The molecule has 3 saturated carbocycles. The van der Waals surface area contributed by atoms with Gasteiger partial charge < -0.3 is 0 Å². The van der Waals surface area contributed by atoms with Gasteiger partial charge in [0.05, 0.1) is 0 Å². The first-order valence-electron chi connectivity index (χ1n) is 26.3. The molecular weight excluding hydrogens is 988 g/mol. The molecule has 0 bridgehead atoms. The predicted octanol–water partition coefficient (Wildman–Crippen LogP) is 18.9. The number of benzene rings is 6. The molecule has 1 aliphatic heterocycles. The third-order valence-corrected chi connectivity index (χ3v) is 29.1. The number of halogens is 2. The molecule has 0 unspecified atom stereocenters. The first-order chi connectivity index (χ1) is 33.2. The van der Waals surface area contributed by atoms with Crippen molar-refractivity contribution in [1.82, 2.24) is 0 Å². The van der Waals surface area contributed by atoms with Crippen molar-refractivity contribution in [1.29, 1.82) is 0 Å². The van der Waals surface area contributed by atoms with Gasteiger partial charge in [-0.15, -0.1) is 0 Å². The number of allylic oxidation sites excluding steroid dienone is 2. The third-order valence-electron chi connectivity index (χ3n) is 15.9. The van der Waals surface area contributed by atoms with E-state index in [2.05, 4.69) is 184 Å². The molecule has 4 aliphatic rings. The fraction of sp³-hybridized carbons (Fsp3) is 0.429. The van der Waals surface area contributed by atoms with E-state index < -0.39 is 15.5 Å². The molecule has 2 nitrogen and oxygen atoms in total. The van der Waals surface area contributed by atoms with E-state index >= 15 is 0 Å². The Morgan fingerprint density at radius 1 is 0.420 bits per heavy atom. The van der Waals surface area contributed by atoms with Crippen LogP contribution in [0.25, 0.3) is 21.5 Å². The summed E-state index contributed by atoms with van der Waals surface area (Å²) in [5, 5.41) is 4.70. The van der Waals surface area contributed by atoms with Gasteiger partial charge in [0.2, 0.25) is 0 Å². The Morgan fingerprint density at radius 3 is 1.07 bits per heavy atom. The van der Waals surface area contributed by atoms with Gasteiger partial charge in [-0.2, -0.15) is 0 Å². The van der Waals surface area contributed by atoms with Gasteiger partial charge in [0.15, 0.2) is 0 Å². The van der Waals surface area contributed by atoms with E-state index in [4.69, 9.17) is 19.4 Å². The number of anilines is 2. The second kappa shape index (κ2) is 21.3. The monoisotopic (exact) mass is 1070 g/mol. The summed E-state index contributed by atoms with van der Waals surface area (Å²) in [7, 11) is 12.6. The van der Waals surface area contributed by atoms with Crippen molar-refractivity contribution >= 4 is 69.4 Å². The van der Waals surface area contributed by atoms with Crippen LogP contribution in [0.5, 0.6) is 0 Å². The Hall–Kier alpha value is -3.45. The number of nitrogens with zero attached hydrogens (tertiary/aromatic N) is 2. The molecule has 0 amide bonds. The molecule has 3 fully saturated rings. The van der Waals surface area contributed by atoms with Crippen LogP contribution in [-0.2, 0) is 10.7 Å². The summed E-state index contributed by atoms with van der Waals surface area (Å²) in [6, 6.07) is 39.2. The van der Waals surface area contributed by atoms with Crippen LogP contribution in [-0.4, -0.2) is 31.0 Å². The van der Waals surface area contributed by atoms with E-state index in [-0.39, 0.29) is 0 Å². The van der Waals surface area contributed by atoms with Crippen molar-refractivity contribution in [2.24, 2.45) is 0 Å². The van der Waals surface area contributed by atoms with Gasteiger partial charge in [-0.25, -0.2) is 0 Å². The van der Waals surface area contributed by atoms with Crippen LogP contribution in [0.15, 0.2) is 121 Å². The van der Waals surface area contributed by atoms with Crippen molar-refractivity contribution in [2.75, 3.05) is 9.80 Å². The molecule has 6 aromatic rings. The van der Waals surface area contributed by atoms with Crippen LogP contribution >= 0.6 is 27.3 Å². The van der Waals surface area contributed by atoms with E-state index in [1.165, 1.54) is 80.4 Å². The van der Waals surface area contributed by atoms with Crippen molar-refractivity contribution in [3.05, 3.63) is 165 Å². The second-order valence-electron chi connectivity index (χ2n) is 21.3. The molecular formula is C63H78Cl2N2PRu. The standard InChI is InChI=1S/C23H29N2.C18H33P.2C11H8.2ClH.Ru/c1-14-9-16(3)22(17(4)10-14)24-13-25(21(8)20(24)7)23-18(5)11-15(2)12-19(23)6;1-4-10-16(11-5-1)19(17-12-6-2-7-13-17)18-14-8-3-9-15-18;2*1-9-6-7-10-4-2-3-5-11(10)8-9;;;/h9-13H,1-8H3;16-18H,1-15H2;2*1-8H;2*1H;/q;;;;;;+2/p-2. The van der Waals surface area contributed by atoms with Crippen molar-refractivity contribution < 1.29 is 10.7 Å². The number of hydrogen-bond donors (Lipinski definition) is 0. The van der Waals surface area contributed by atoms with E-state index in [0.717, 1.165) is 44.7 Å². The van der Waals surface area contributed by atoms with Gasteiger partial charge in [0, 0.05) is 0 Å². The van der Waals surface area contributed by atoms with Crippen LogP contribution in [0, 0.1) is 41.5 Å². The maximum absolute atomic E-state index is 8.59. The molecule has 6 aromatic carbocycles. The minimum atomic E-state index is -4.97. The Labute approximate surface area is 425 Å². The molecule has 0 spiro atoms. The van der Waals surface area contributed by atoms with E-state index in [1.807, 2.05) is 0 Å². The molecule has 0 aromatic heterocycles. The van der Waals surface area contributed by atoms with Crippen LogP contribution < -0.4 is 9.80 Å². The van der Waals surface area contributed by atoms with Crippen LogP contribution in [0.2, 0.25) is 0 Å². The average Bonchev–Trinajstić information content (AvgIpc) is 3.58. The van der Waals surface area contributed by atoms with E-state index in [0.29, 0.717) is 7.92 Å². The Morgan fingerprint density at radius 2 is 0.739 bits per heavy atom. The SMILES string of the molecule is C1CCC(P(C2CCCCC2)C2CCCCC2)CC1.CC1=C(C)N(c2c(C)cc(C)cc2C)[CH]([Ru]([Cl])([Cl])(=[CH]c2ccc3ccccc3c2)=[CH]c2ccc3ccccc3c2)N1c1c(C)cc(C)cc1C. The van der Waals surface area contributed by atoms with E-state index in [1.54, 1.807) is 77.0 Å². The van der Waals surface area contributed by atoms with Crippen molar-refractivity contribution in [2.45, 2.75) is 173 Å². The summed E-state index contributed by atoms with van der Waals surface area (Å²) in [4.78, 5) is 4.94.